The van der Waals surface area contributed by atoms with Crippen LogP contribution in [0.4, 0.5) is 13.6 Å². The van der Waals surface area contributed by atoms with Gasteiger partial charge in [-0.2, -0.15) is 0 Å². The quantitative estimate of drug-likeness (QED) is 0.452. The maximum absolute atomic E-state index is 13.2. The van der Waals surface area contributed by atoms with Gasteiger partial charge in [0, 0.05) is 30.0 Å². The molecule has 0 bridgehead atoms. The van der Waals surface area contributed by atoms with Crippen molar-refractivity contribution in [3.05, 3.63) is 10.4 Å². The second-order valence-electron chi connectivity index (χ2n) is 6.02. The van der Waals surface area contributed by atoms with Crippen LogP contribution in [0.3, 0.4) is 0 Å². The van der Waals surface area contributed by atoms with Crippen LogP contribution in [0.5, 0.6) is 0 Å². The van der Waals surface area contributed by atoms with Crippen LogP contribution in [0.25, 0.3) is 10.4 Å². The number of halogens is 2. The molecule has 0 N–H and O–H groups in total. The largest absolute Gasteiger partial charge is 0.444 e. The van der Waals surface area contributed by atoms with E-state index in [-0.39, 0.29) is 32.5 Å². The molecular weight excluding hydrogens is 270 g/mol. The Balaban J connectivity index is 2.65. The van der Waals surface area contributed by atoms with Crippen molar-refractivity contribution < 1.29 is 18.3 Å². The zero-order chi connectivity index (χ0) is 15.4. The number of piperidine rings is 1. The number of amides is 1. The second-order valence-corrected chi connectivity index (χ2v) is 6.02. The molecule has 0 unspecified atom stereocenters. The first-order valence-corrected chi connectivity index (χ1v) is 6.47. The molecular formula is C12H20F2N4O2. The molecule has 1 rings (SSSR count). The lowest BCUT2D eigenvalue weighted by Gasteiger charge is -2.40. The van der Waals surface area contributed by atoms with Gasteiger partial charge in [0.05, 0.1) is 0 Å². The summed E-state index contributed by atoms with van der Waals surface area (Å²) in [5.74, 6) is 0. The van der Waals surface area contributed by atoms with Gasteiger partial charge < -0.3 is 9.64 Å². The van der Waals surface area contributed by atoms with Crippen LogP contribution in [0.15, 0.2) is 5.11 Å². The number of hydrogen-bond donors (Lipinski definition) is 0. The van der Waals surface area contributed by atoms with Crippen LogP contribution in [-0.2, 0) is 4.74 Å². The molecule has 20 heavy (non-hydrogen) atoms. The van der Waals surface area contributed by atoms with Crippen LogP contribution >= 0.6 is 0 Å². The molecule has 1 saturated heterocycles. The minimum Gasteiger partial charge on any atom is -0.444 e. The molecule has 1 heterocycles. The highest BCUT2D eigenvalue weighted by molar-refractivity contribution is 5.68. The molecule has 8 heteroatoms. The predicted octanol–water partition coefficient (Wildman–Crippen LogP) is 3.58. The standard InChI is InChI=1S/C12H20F2N4O2/c1-11(2,3)20-10(19)18-6-4-12(5-7-18,9(13)14)8-16-17-15/h9H,4-8H2,1-3H3. The van der Waals surface area contributed by atoms with Gasteiger partial charge >= 0.3 is 6.09 Å². The Kier molecular flexibility index (Phi) is 5.16. The molecule has 1 fully saturated rings. The van der Waals surface area contributed by atoms with Crippen LogP contribution in [0.1, 0.15) is 33.6 Å². The topological polar surface area (TPSA) is 78.3 Å². The lowest BCUT2D eigenvalue weighted by atomic mass is 9.79. The molecule has 6 nitrogen and oxygen atoms in total. The van der Waals surface area contributed by atoms with E-state index in [9.17, 15) is 13.6 Å². The van der Waals surface area contributed by atoms with E-state index in [4.69, 9.17) is 10.3 Å². The molecule has 0 spiro atoms. The maximum Gasteiger partial charge on any atom is 0.410 e. The van der Waals surface area contributed by atoms with Gasteiger partial charge in [-0.3, -0.25) is 0 Å². The van der Waals surface area contributed by atoms with Gasteiger partial charge in [-0.05, 0) is 39.1 Å². The van der Waals surface area contributed by atoms with Gasteiger partial charge in [0.25, 0.3) is 0 Å². The first kappa shape index (κ1) is 16.5. The third-order valence-corrected chi connectivity index (χ3v) is 3.32. The Labute approximate surface area is 116 Å². The second kappa shape index (κ2) is 6.26. The fourth-order valence-electron chi connectivity index (χ4n) is 2.08. The van der Waals surface area contributed by atoms with Gasteiger partial charge in [-0.15, -0.1) is 0 Å². The first-order chi connectivity index (χ1) is 9.20. The first-order valence-electron chi connectivity index (χ1n) is 6.47. The number of rotatable bonds is 3. The van der Waals surface area contributed by atoms with E-state index >= 15 is 0 Å². The Morgan fingerprint density at radius 1 is 1.45 bits per heavy atom. The van der Waals surface area contributed by atoms with Crippen molar-refractivity contribution in [2.75, 3.05) is 19.6 Å². The van der Waals surface area contributed by atoms with E-state index in [1.165, 1.54) is 4.90 Å². The fraction of sp³-hybridized carbons (Fsp3) is 0.917. The normalized spacial score (nSPS) is 18.6. The number of carbonyl (C=O) groups excluding carboxylic acids is 1. The Bertz CT molecular complexity index is 395. The number of likely N-dealkylation sites (tertiary alicyclic amines) is 1. The van der Waals surface area contributed by atoms with Crippen LogP contribution in [-0.4, -0.2) is 42.7 Å². The number of carbonyl (C=O) groups is 1. The molecule has 1 aliphatic heterocycles. The molecule has 0 aromatic rings. The van der Waals surface area contributed by atoms with Crippen molar-refractivity contribution >= 4 is 6.09 Å². The summed E-state index contributed by atoms with van der Waals surface area (Å²) in [4.78, 5) is 15.8. The molecule has 0 atom stereocenters. The lowest BCUT2D eigenvalue weighted by Crippen LogP contribution is -2.48. The van der Waals surface area contributed by atoms with E-state index in [1.54, 1.807) is 20.8 Å². The highest BCUT2D eigenvalue weighted by atomic mass is 19.3. The van der Waals surface area contributed by atoms with Gasteiger partial charge in [-0.25, -0.2) is 13.6 Å². The van der Waals surface area contributed by atoms with E-state index in [0.717, 1.165) is 0 Å². The van der Waals surface area contributed by atoms with E-state index < -0.39 is 23.5 Å². The molecule has 0 aromatic carbocycles. The average molecular weight is 290 g/mol. The zero-order valence-electron chi connectivity index (χ0n) is 12.0. The number of azide groups is 1. The van der Waals surface area contributed by atoms with Crippen molar-refractivity contribution in [3.63, 3.8) is 0 Å². The van der Waals surface area contributed by atoms with Crippen LogP contribution < -0.4 is 0 Å². The van der Waals surface area contributed by atoms with Crippen molar-refractivity contribution in [2.24, 2.45) is 10.5 Å². The number of hydrogen-bond acceptors (Lipinski definition) is 3. The van der Waals surface area contributed by atoms with Crippen molar-refractivity contribution in [3.8, 4) is 0 Å². The Hall–Kier alpha value is -1.56. The predicted molar refractivity (Wildman–Crippen MR) is 69.5 cm³/mol. The van der Waals surface area contributed by atoms with Gasteiger partial charge in [0.2, 0.25) is 6.43 Å². The highest BCUT2D eigenvalue weighted by Crippen LogP contribution is 2.38. The van der Waals surface area contributed by atoms with E-state index in [1.807, 2.05) is 0 Å². The highest BCUT2D eigenvalue weighted by Gasteiger charge is 2.43. The summed E-state index contributed by atoms with van der Waals surface area (Å²) in [5.41, 5.74) is 6.35. The number of alkyl halides is 2. The van der Waals surface area contributed by atoms with Gasteiger partial charge in [0.1, 0.15) is 5.60 Å². The summed E-state index contributed by atoms with van der Waals surface area (Å²) in [7, 11) is 0. The fourth-order valence-corrected chi connectivity index (χ4v) is 2.08. The smallest absolute Gasteiger partial charge is 0.410 e. The molecule has 0 saturated carbocycles. The third kappa shape index (κ3) is 4.23. The van der Waals surface area contributed by atoms with Crippen LogP contribution in [0, 0.1) is 5.41 Å². The molecule has 0 aromatic heterocycles. The van der Waals surface area contributed by atoms with Gasteiger partial charge in [0.15, 0.2) is 0 Å². The summed E-state index contributed by atoms with van der Waals surface area (Å²) in [6.07, 6.45) is -2.87. The maximum atomic E-state index is 13.2. The van der Waals surface area contributed by atoms with Crippen molar-refractivity contribution in [2.45, 2.75) is 45.6 Å². The third-order valence-electron chi connectivity index (χ3n) is 3.32. The zero-order valence-corrected chi connectivity index (χ0v) is 12.0. The van der Waals surface area contributed by atoms with Crippen molar-refractivity contribution in [1.82, 2.24) is 4.90 Å². The minimum absolute atomic E-state index is 0.100. The minimum atomic E-state index is -2.58. The van der Waals surface area contributed by atoms with E-state index in [0.29, 0.717) is 0 Å². The molecule has 1 amide bonds. The van der Waals surface area contributed by atoms with E-state index in [2.05, 4.69) is 10.0 Å². The summed E-state index contributed by atoms with van der Waals surface area (Å²) < 4.78 is 31.6. The number of nitrogens with zero attached hydrogens (tertiary/aromatic N) is 4. The summed E-state index contributed by atoms with van der Waals surface area (Å²) in [5, 5.41) is 3.28. The molecule has 114 valence electrons. The lowest BCUT2D eigenvalue weighted by molar-refractivity contribution is -0.0470. The van der Waals surface area contributed by atoms with Crippen LogP contribution in [0.2, 0.25) is 0 Å². The SMILES string of the molecule is CC(C)(C)OC(=O)N1CCC(CN=[N+]=[N-])(C(F)F)CC1. The monoisotopic (exact) mass is 290 g/mol. The summed E-state index contributed by atoms with van der Waals surface area (Å²) >= 11 is 0. The molecule has 0 aliphatic carbocycles. The average Bonchev–Trinajstić information content (AvgIpc) is 2.34. The summed E-state index contributed by atoms with van der Waals surface area (Å²) in [6, 6.07) is 0. The molecule has 1 aliphatic rings. The van der Waals surface area contributed by atoms with Gasteiger partial charge in [-0.1, -0.05) is 5.11 Å². The molecule has 0 radical (unpaired) electrons. The van der Waals surface area contributed by atoms with Crippen molar-refractivity contribution in [1.29, 1.82) is 0 Å². The number of ether oxygens (including phenoxy) is 1. The Morgan fingerprint density at radius 2 is 2.00 bits per heavy atom. The summed E-state index contributed by atoms with van der Waals surface area (Å²) in [6.45, 7) is 5.36. The Morgan fingerprint density at radius 3 is 2.40 bits per heavy atom.